The summed E-state index contributed by atoms with van der Waals surface area (Å²) >= 11 is 0. The Morgan fingerprint density at radius 2 is 1.67 bits per heavy atom. The number of halogens is 1. The summed E-state index contributed by atoms with van der Waals surface area (Å²) in [6, 6.07) is 16.3. The van der Waals surface area contributed by atoms with Crippen molar-refractivity contribution in [3.63, 3.8) is 0 Å². The third-order valence-corrected chi connectivity index (χ3v) is 5.27. The highest BCUT2D eigenvalue weighted by Crippen LogP contribution is 2.16. The number of rotatable bonds is 7. The van der Waals surface area contributed by atoms with Crippen LogP contribution in [0, 0.1) is 5.82 Å². The fourth-order valence-corrected chi connectivity index (χ4v) is 3.51. The second kappa shape index (κ2) is 10.6. The Balaban J connectivity index is 1.35. The predicted molar refractivity (Wildman–Crippen MR) is 118 cm³/mol. The zero-order valence-electron chi connectivity index (χ0n) is 17.3. The summed E-state index contributed by atoms with van der Waals surface area (Å²) < 4.78 is 13.0. The molecule has 1 fully saturated rings. The first kappa shape index (κ1) is 21.6. The van der Waals surface area contributed by atoms with Gasteiger partial charge in [-0.25, -0.2) is 4.39 Å². The summed E-state index contributed by atoms with van der Waals surface area (Å²) in [6.45, 7) is 5.37. The molecule has 6 heteroatoms. The Morgan fingerprint density at radius 1 is 1.00 bits per heavy atom. The van der Waals surface area contributed by atoms with Crippen molar-refractivity contribution in [1.29, 1.82) is 0 Å². The SMILES string of the molecule is CC(=CC(=O)NCCCC(=O)N1CCN(c2ccccc2)CC1)c1ccc(F)cc1. The number of anilines is 1. The van der Waals surface area contributed by atoms with Gasteiger partial charge in [0.1, 0.15) is 5.82 Å². The maximum Gasteiger partial charge on any atom is 0.244 e. The standard InChI is InChI=1S/C24H28FN3O2/c1-19(20-9-11-21(25)12-10-20)18-23(29)26-13-5-8-24(30)28-16-14-27(15-17-28)22-6-3-2-4-7-22/h2-4,6-7,9-12,18H,5,8,13-17H2,1H3,(H,26,29). The molecule has 0 spiro atoms. The van der Waals surface area contributed by atoms with Gasteiger partial charge < -0.3 is 15.1 Å². The average Bonchev–Trinajstić information content (AvgIpc) is 2.77. The number of hydrogen-bond acceptors (Lipinski definition) is 3. The Hall–Kier alpha value is -3.15. The summed E-state index contributed by atoms with van der Waals surface area (Å²) in [4.78, 5) is 28.7. The molecule has 1 heterocycles. The molecule has 1 aliphatic rings. The van der Waals surface area contributed by atoms with Gasteiger partial charge in [0.15, 0.2) is 0 Å². The molecule has 30 heavy (non-hydrogen) atoms. The van der Waals surface area contributed by atoms with Crippen molar-refractivity contribution in [1.82, 2.24) is 10.2 Å². The summed E-state index contributed by atoms with van der Waals surface area (Å²) in [5, 5.41) is 2.81. The van der Waals surface area contributed by atoms with Gasteiger partial charge in [0.25, 0.3) is 0 Å². The smallest absolute Gasteiger partial charge is 0.244 e. The van der Waals surface area contributed by atoms with Crippen molar-refractivity contribution in [3.05, 3.63) is 72.1 Å². The molecule has 3 rings (SSSR count). The summed E-state index contributed by atoms with van der Waals surface area (Å²) in [5.41, 5.74) is 2.76. The van der Waals surface area contributed by atoms with Gasteiger partial charge in [-0.15, -0.1) is 0 Å². The van der Waals surface area contributed by atoms with Gasteiger partial charge in [-0.2, -0.15) is 0 Å². The molecule has 0 bridgehead atoms. The Kier molecular flexibility index (Phi) is 7.60. The van der Waals surface area contributed by atoms with Gasteiger partial charge in [0, 0.05) is 50.9 Å². The monoisotopic (exact) mass is 409 g/mol. The van der Waals surface area contributed by atoms with Crippen molar-refractivity contribution in [2.75, 3.05) is 37.6 Å². The zero-order valence-corrected chi connectivity index (χ0v) is 17.3. The molecule has 2 amide bonds. The van der Waals surface area contributed by atoms with E-state index < -0.39 is 0 Å². The number of allylic oxidation sites excluding steroid dienone is 1. The maximum atomic E-state index is 13.0. The summed E-state index contributed by atoms with van der Waals surface area (Å²) in [7, 11) is 0. The third kappa shape index (κ3) is 6.17. The minimum Gasteiger partial charge on any atom is -0.368 e. The van der Waals surface area contributed by atoms with Gasteiger partial charge in [-0.3, -0.25) is 9.59 Å². The van der Waals surface area contributed by atoms with Crippen molar-refractivity contribution < 1.29 is 14.0 Å². The molecule has 0 radical (unpaired) electrons. The topological polar surface area (TPSA) is 52.7 Å². The largest absolute Gasteiger partial charge is 0.368 e. The number of hydrogen-bond donors (Lipinski definition) is 1. The van der Waals surface area contributed by atoms with E-state index in [1.54, 1.807) is 12.1 Å². The number of amides is 2. The van der Waals surface area contributed by atoms with Gasteiger partial charge in [-0.05, 0) is 48.7 Å². The second-order valence-electron chi connectivity index (χ2n) is 7.43. The van der Waals surface area contributed by atoms with Crippen LogP contribution in [0.3, 0.4) is 0 Å². The van der Waals surface area contributed by atoms with Crippen LogP contribution in [0.1, 0.15) is 25.3 Å². The van der Waals surface area contributed by atoms with Crippen LogP contribution in [0.5, 0.6) is 0 Å². The fraction of sp³-hybridized carbons (Fsp3) is 0.333. The minimum atomic E-state index is -0.304. The quantitative estimate of drug-likeness (QED) is 0.563. The fourth-order valence-electron chi connectivity index (χ4n) is 3.51. The first-order valence-electron chi connectivity index (χ1n) is 10.3. The molecule has 158 valence electrons. The second-order valence-corrected chi connectivity index (χ2v) is 7.43. The van der Waals surface area contributed by atoms with Crippen molar-refractivity contribution in [3.8, 4) is 0 Å². The molecule has 0 unspecified atom stereocenters. The van der Waals surface area contributed by atoms with E-state index in [0.717, 1.165) is 37.3 Å². The van der Waals surface area contributed by atoms with Crippen molar-refractivity contribution >= 4 is 23.1 Å². The van der Waals surface area contributed by atoms with E-state index in [0.29, 0.717) is 19.4 Å². The van der Waals surface area contributed by atoms with Gasteiger partial charge in [0.2, 0.25) is 11.8 Å². The highest BCUT2D eigenvalue weighted by Gasteiger charge is 2.20. The first-order chi connectivity index (χ1) is 14.5. The number of carbonyl (C=O) groups is 2. The lowest BCUT2D eigenvalue weighted by Crippen LogP contribution is -2.48. The molecule has 0 aromatic heterocycles. The Morgan fingerprint density at radius 3 is 2.33 bits per heavy atom. The lowest BCUT2D eigenvalue weighted by Gasteiger charge is -2.36. The number of para-hydroxylation sites is 1. The number of nitrogens with zero attached hydrogens (tertiary/aromatic N) is 2. The van der Waals surface area contributed by atoms with E-state index in [2.05, 4.69) is 22.3 Å². The minimum absolute atomic E-state index is 0.134. The molecule has 0 atom stereocenters. The van der Waals surface area contributed by atoms with E-state index in [1.807, 2.05) is 30.0 Å². The van der Waals surface area contributed by atoms with Crippen LogP contribution in [-0.4, -0.2) is 49.4 Å². The van der Waals surface area contributed by atoms with E-state index in [-0.39, 0.29) is 17.6 Å². The van der Waals surface area contributed by atoms with E-state index in [9.17, 15) is 14.0 Å². The number of piperazine rings is 1. The molecule has 0 saturated carbocycles. The van der Waals surface area contributed by atoms with Gasteiger partial charge in [0.05, 0.1) is 0 Å². The summed E-state index contributed by atoms with van der Waals surface area (Å²) in [6.07, 6.45) is 2.52. The van der Waals surface area contributed by atoms with Crippen LogP contribution in [0.4, 0.5) is 10.1 Å². The molecule has 1 N–H and O–H groups in total. The zero-order chi connectivity index (χ0) is 21.3. The molecule has 5 nitrogen and oxygen atoms in total. The summed E-state index contributed by atoms with van der Waals surface area (Å²) in [5.74, 6) is -0.377. The predicted octanol–water partition coefficient (Wildman–Crippen LogP) is 3.47. The molecular formula is C24H28FN3O2. The van der Waals surface area contributed by atoms with E-state index >= 15 is 0 Å². The van der Waals surface area contributed by atoms with Gasteiger partial charge in [-0.1, -0.05) is 30.3 Å². The van der Waals surface area contributed by atoms with Crippen molar-refractivity contribution in [2.45, 2.75) is 19.8 Å². The van der Waals surface area contributed by atoms with E-state index in [4.69, 9.17) is 0 Å². The Labute approximate surface area is 177 Å². The lowest BCUT2D eigenvalue weighted by atomic mass is 10.1. The number of benzene rings is 2. The highest BCUT2D eigenvalue weighted by molar-refractivity contribution is 5.94. The normalized spacial score (nSPS) is 14.5. The average molecular weight is 410 g/mol. The number of carbonyl (C=O) groups excluding carboxylic acids is 2. The van der Waals surface area contributed by atoms with Crippen LogP contribution < -0.4 is 10.2 Å². The Bertz CT molecular complexity index is 873. The molecule has 1 aliphatic heterocycles. The van der Waals surface area contributed by atoms with E-state index in [1.165, 1.54) is 23.9 Å². The van der Waals surface area contributed by atoms with Crippen LogP contribution in [0.25, 0.3) is 5.57 Å². The lowest BCUT2D eigenvalue weighted by molar-refractivity contribution is -0.131. The van der Waals surface area contributed by atoms with Crippen LogP contribution in [-0.2, 0) is 9.59 Å². The first-order valence-corrected chi connectivity index (χ1v) is 10.3. The van der Waals surface area contributed by atoms with Crippen LogP contribution in [0.2, 0.25) is 0 Å². The molecular weight excluding hydrogens is 381 g/mol. The third-order valence-electron chi connectivity index (χ3n) is 5.27. The van der Waals surface area contributed by atoms with Crippen LogP contribution in [0.15, 0.2) is 60.7 Å². The molecule has 2 aromatic rings. The van der Waals surface area contributed by atoms with Crippen molar-refractivity contribution in [2.24, 2.45) is 0 Å². The highest BCUT2D eigenvalue weighted by atomic mass is 19.1. The van der Waals surface area contributed by atoms with Crippen LogP contribution >= 0.6 is 0 Å². The molecule has 0 aliphatic carbocycles. The molecule has 1 saturated heterocycles. The molecule has 2 aromatic carbocycles. The maximum absolute atomic E-state index is 13.0. The number of nitrogens with one attached hydrogen (secondary N) is 1. The van der Waals surface area contributed by atoms with Gasteiger partial charge >= 0.3 is 0 Å².